The molecule has 0 unspecified atom stereocenters. The fourth-order valence-corrected chi connectivity index (χ4v) is 4.80. The van der Waals surface area contributed by atoms with Gasteiger partial charge in [0.05, 0.1) is 17.0 Å². The zero-order valence-corrected chi connectivity index (χ0v) is 16.6. The van der Waals surface area contributed by atoms with Crippen molar-refractivity contribution in [3.63, 3.8) is 0 Å². The molecule has 5 rings (SSSR count). The number of benzene rings is 1. The number of carbonyl (C=O) groups is 1. The van der Waals surface area contributed by atoms with E-state index in [2.05, 4.69) is 10.3 Å². The monoisotopic (exact) mass is 407 g/mol. The molecule has 1 aliphatic heterocycles. The van der Waals surface area contributed by atoms with Crippen molar-refractivity contribution in [2.24, 2.45) is 12.8 Å². The third-order valence-electron chi connectivity index (χ3n) is 6.34. The summed E-state index contributed by atoms with van der Waals surface area (Å²) in [5.74, 6) is -0.879. The van der Waals surface area contributed by atoms with Gasteiger partial charge in [-0.25, -0.2) is 19.2 Å². The van der Waals surface area contributed by atoms with Crippen LogP contribution in [0.25, 0.3) is 22.8 Å². The fourth-order valence-electron chi connectivity index (χ4n) is 4.80. The van der Waals surface area contributed by atoms with Crippen molar-refractivity contribution in [3.05, 3.63) is 58.7 Å². The first-order valence-corrected chi connectivity index (χ1v) is 9.93. The Labute approximate surface area is 172 Å². The molecule has 0 bridgehead atoms. The van der Waals surface area contributed by atoms with E-state index in [1.54, 1.807) is 18.3 Å². The Kier molecular flexibility index (Phi) is 4.23. The van der Waals surface area contributed by atoms with Gasteiger partial charge in [0.1, 0.15) is 5.82 Å². The number of nitrogens with zero attached hydrogens (tertiary/aromatic N) is 3. The average molecular weight is 407 g/mol. The highest BCUT2D eigenvalue weighted by atomic mass is 19.1. The number of hydrogen-bond donors (Lipinski definition) is 3. The van der Waals surface area contributed by atoms with Crippen LogP contribution in [0.15, 0.2) is 30.5 Å². The van der Waals surface area contributed by atoms with Crippen molar-refractivity contribution in [1.29, 1.82) is 0 Å². The summed E-state index contributed by atoms with van der Waals surface area (Å²) < 4.78 is 15.7. The summed E-state index contributed by atoms with van der Waals surface area (Å²) in [5, 5.41) is 13.3. The summed E-state index contributed by atoms with van der Waals surface area (Å²) in [7, 11) is 1.88. The molecule has 0 amide bonds. The van der Waals surface area contributed by atoms with E-state index in [4.69, 9.17) is 10.7 Å². The van der Waals surface area contributed by atoms with E-state index < -0.39 is 11.4 Å². The Bertz CT molecular complexity index is 1180. The van der Waals surface area contributed by atoms with Crippen LogP contribution >= 0.6 is 0 Å². The van der Waals surface area contributed by atoms with Crippen molar-refractivity contribution in [2.45, 2.75) is 18.3 Å². The van der Waals surface area contributed by atoms with Crippen LogP contribution < -0.4 is 11.1 Å². The maximum Gasteiger partial charge on any atom is 0.337 e. The van der Waals surface area contributed by atoms with Crippen molar-refractivity contribution in [3.8, 4) is 22.8 Å². The van der Waals surface area contributed by atoms with Crippen LogP contribution in [0.2, 0.25) is 0 Å². The lowest BCUT2D eigenvalue weighted by Crippen LogP contribution is -2.62. The van der Waals surface area contributed by atoms with Gasteiger partial charge in [-0.2, -0.15) is 0 Å². The molecular formula is C22H22FN5O2. The number of rotatable bonds is 4. The lowest BCUT2D eigenvalue weighted by atomic mass is 9.76. The second-order valence-corrected chi connectivity index (χ2v) is 8.08. The third kappa shape index (κ3) is 2.60. The van der Waals surface area contributed by atoms with Gasteiger partial charge < -0.3 is 20.7 Å². The topological polar surface area (TPSA) is 106 Å². The Hall–Kier alpha value is -3.10. The van der Waals surface area contributed by atoms with Gasteiger partial charge in [-0.15, -0.1) is 0 Å². The van der Waals surface area contributed by atoms with E-state index in [0.29, 0.717) is 55.1 Å². The summed E-state index contributed by atoms with van der Waals surface area (Å²) in [6.07, 6.45) is 3.03. The zero-order valence-electron chi connectivity index (χ0n) is 16.6. The molecule has 7 nitrogen and oxygen atoms in total. The lowest BCUT2D eigenvalue weighted by Gasteiger charge is -2.42. The molecule has 0 spiro atoms. The van der Waals surface area contributed by atoms with Crippen LogP contribution in [-0.2, 0) is 25.3 Å². The number of carboxylic acids is 1. The fraction of sp³-hybridized carbons (Fsp3) is 0.318. The minimum Gasteiger partial charge on any atom is -0.478 e. The van der Waals surface area contributed by atoms with E-state index in [-0.39, 0.29) is 5.82 Å². The van der Waals surface area contributed by atoms with Crippen LogP contribution in [0.3, 0.4) is 0 Å². The van der Waals surface area contributed by atoms with Crippen molar-refractivity contribution < 1.29 is 14.3 Å². The van der Waals surface area contributed by atoms with Gasteiger partial charge in [-0.05, 0) is 36.1 Å². The van der Waals surface area contributed by atoms with Crippen LogP contribution in [-0.4, -0.2) is 45.2 Å². The van der Waals surface area contributed by atoms with Crippen LogP contribution in [0, 0.1) is 5.82 Å². The number of hydrogen-bond acceptors (Lipinski definition) is 5. The van der Waals surface area contributed by atoms with Gasteiger partial charge in [0.2, 0.25) is 0 Å². The van der Waals surface area contributed by atoms with Gasteiger partial charge in [0.15, 0.2) is 5.82 Å². The van der Waals surface area contributed by atoms with Crippen LogP contribution in [0.4, 0.5) is 4.39 Å². The highest BCUT2D eigenvalue weighted by Crippen LogP contribution is 2.42. The molecule has 0 atom stereocenters. The molecule has 30 heavy (non-hydrogen) atoms. The molecule has 0 saturated carbocycles. The molecule has 154 valence electrons. The Morgan fingerprint density at radius 1 is 1.37 bits per heavy atom. The molecule has 1 fully saturated rings. The molecule has 1 aliphatic carbocycles. The molecule has 4 N–H and O–H groups in total. The van der Waals surface area contributed by atoms with Crippen molar-refractivity contribution in [1.82, 2.24) is 19.9 Å². The highest BCUT2D eigenvalue weighted by molar-refractivity contribution is 5.95. The Morgan fingerprint density at radius 3 is 2.80 bits per heavy atom. The van der Waals surface area contributed by atoms with E-state index >= 15 is 0 Å². The lowest BCUT2D eigenvalue weighted by molar-refractivity contribution is 0.0690. The summed E-state index contributed by atoms with van der Waals surface area (Å²) in [4.78, 5) is 21.5. The number of halogens is 1. The van der Waals surface area contributed by atoms with Gasteiger partial charge in [-0.1, -0.05) is 12.1 Å². The van der Waals surface area contributed by atoms with Crippen molar-refractivity contribution in [2.75, 3.05) is 19.6 Å². The molecule has 2 aromatic heterocycles. The molecule has 8 heteroatoms. The minimum absolute atomic E-state index is 0.344. The average Bonchev–Trinajstić information content (AvgIpc) is 3.01. The van der Waals surface area contributed by atoms with Gasteiger partial charge in [0.25, 0.3) is 0 Å². The normalized spacial score (nSPS) is 16.5. The highest BCUT2D eigenvalue weighted by Gasteiger charge is 2.45. The van der Waals surface area contributed by atoms with Gasteiger partial charge >= 0.3 is 5.97 Å². The summed E-state index contributed by atoms with van der Waals surface area (Å²) in [5.41, 5.74) is 10.6. The SMILES string of the molecule is Cn1c2c(c(C(=O)O)c1C1(CN)CNC1)CCc1cnc(-c3cccc(F)c3)nc1-2. The number of nitrogens with one attached hydrogen (secondary N) is 1. The van der Waals surface area contributed by atoms with Crippen LogP contribution in [0.1, 0.15) is 27.2 Å². The third-order valence-corrected chi connectivity index (χ3v) is 6.34. The number of fused-ring (bicyclic) bond motifs is 3. The second-order valence-electron chi connectivity index (χ2n) is 8.08. The van der Waals surface area contributed by atoms with E-state index in [9.17, 15) is 14.3 Å². The minimum atomic E-state index is -0.940. The quantitative estimate of drug-likeness (QED) is 0.610. The zero-order chi connectivity index (χ0) is 21.0. The number of aromatic nitrogens is 3. The van der Waals surface area contributed by atoms with Crippen LogP contribution in [0.5, 0.6) is 0 Å². The predicted molar refractivity (Wildman–Crippen MR) is 110 cm³/mol. The van der Waals surface area contributed by atoms with Crippen molar-refractivity contribution >= 4 is 5.97 Å². The van der Waals surface area contributed by atoms with Gasteiger partial charge in [-0.3, -0.25) is 0 Å². The molecule has 3 heterocycles. The number of aryl methyl sites for hydroxylation is 1. The largest absolute Gasteiger partial charge is 0.478 e. The second kappa shape index (κ2) is 6.72. The Morgan fingerprint density at radius 2 is 2.17 bits per heavy atom. The molecule has 3 aromatic rings. The molecule has 0 radical (unpaired) electrons. The van der Waals surface area contributed by atoms with E-state index in [1.165, 1.54) is 12.1 Å². The maximum atomic E-state index is 13.7. The molecule has 1 aromatic carbocycles. The Balaban J connectivity index is 1.74. The molecule has 1 saturated heterocycles. The molecular weight excluding hydrogens is 385 g/mol. The number of carboxylic acid groups (broad SMARTS) is 1. The number of aromatic carboxylic acids is 1. The maximum absolute atomic E-state index is 13.7. The van der Waals surface area contributed by atoms with E-state index in [1.807, 2.05) is 11.6 Å². The first-order chi connectivity index (χ1) is 14.4. The summed E-state index contributed by atoms with van der Waals surface area (Å²) in [6, 6.07) is 6.16. The first-order valence-electron chi connectivity index (χ1n) is 9.93. The molecule has 2 aliphatic rings. The smallest absolute Gasteiger partial charge is 0.337 e. The number of nitrogens with two attached hydrogens (primary N) is 1. The summed E-state index contributed by atoms with van der Waals surface area (Å²) in [6.45, 7) is 1.65. The van der Waals surface area contributed by atoms with E-state index in [0.717, 1.165) is 22.5 Å². The first kappa shape index (κ1) is 18.9. The standard InChI is InChI=1S/C22H22FN5O2/c1-28-18-15(16(21(29)30)19(28)22(9-24)10-25-11-22)6-5-13-8-26-20(27-17(13)18)12-3-2-4-14(23)7-12/h2-4,7-8,25H,5-6,9-11,24H2,1H3,(H,29,30). The predicted octanol–water partition coefficient (Wildman–Crippen LogP) is 1.88. The van der Waals surface area contributed by atoms with Gasteiger partial charge in [0, 0.05) is 49.6 Å². The summed E-state index contributed by atoms with van der Waals surface area (Å²) >= 11 is 0.